The van der Waals surface area contributed by atoms with Gasteiger partial charge in [0.2, 0.25) is 0 Å². The van der Waals surface area contributed by atoms with Crippen molar-refractivity contribution in [3.63, 3.8) is 0 Å². The lowest BCUT2D eigenvalue weighted by atomic mass is 10.2. The zero-order valence-corrected chi connectivity index (χ0v) is 10.9. The van der Waals surface area contributed by atoms with Crippen molar-refractivity contribution in [2.24, 2.45) is 0 Å². The van der Waals surface area contributed by atoms with Crippen LogP contribution in [0.3, 0.4) is 0 Å². The maximum atomic E-state index is 9.22. The van der Waals surface area contributed by atoms with Crippen LogP contribution in [0.15, 0.2) is 0 Å². The summed E-state index contributed by atoms with van der Waals surface area (Å²) in [5, 5.41) is 12.5. The predicted octanol–water partition coefficient (Wildman–Crippen LogP) is -0.0172. The first-order valence-electron chi connectivity index (χ1n) is 6.40. The number of rotatable bonds is 7. The van der Waals surface area contributed by atoms with E-state index < -0.39 is 0 Å². The second-order valence-electron chi connectivity index (χ2n) is 4.94. The van der Waals surface area contributed by atoms with Crippen LogP contribution >= 0.6 is 0 Å². The molecule has 1 heterocycles. The van der Waals surface area contributed by atoms with Gasteiger partial charge in [0.1, 0.15) is 0 Å². The van der Waals surface area contributed by atoms with Gasteiger partial charge >= 0.3 is 0 Å². The Balaban J connectivity index is 2.25. The normalized spacial score (nSPS) is 24.2. The molecule has 0 aromatic carbocycles. The Morgan fingerprint density at radius 3 is 2.81 bits per heavy atom. The summed E-state index contributed by atoms with van der Waals surface area (Å²) < 4.78 is 0. The molecule has 0 aromatic rings. The molecule has 4 heteroatoms. The quantitative estimate of drug-likeness (QED) is 0.644. The average molecular weight is 229 g/mol. The maximum absolute atomic E-state index is 9.22. The van der Waals surface area contributed by atoms with Crippen molar-refractivity contribution >= 4 is 0 Å². The van der Waals surface area contributed by atoms with Crippen LogP contribution in [0.2, 0.25) is 0 Å². The summed E-state index contributed by atoms with van der Waals surface area (Å²) >= 11 is 0. The van der Waals surface area contributed by atoms with E-state index >= 15 is 0 Å². The zero-order chi connectivity index (χ0) is 12.0. The number of nitrogens with one attached hydrogen (secondary N) is 1. The molecule has 1 fully saturated rings. The van der Waals surface area contributed by atoms with Crippen LogP contribution in [-0.2, 0) is 0 Å². The van der Waals surface area contributed by atoms with Crippen LogP contribution in [0, 0.1) is 0 Å². The topological polar surface area (TPSA) is 38.7 Å². The number of nitrogens with zero attached hydrogens (tertiary/aromatic N) is 2. The van der Waals surface area contributed by atoms with Crippen molar-refractivity contribution < 1.29 is 5.11 Å². The monoisotopic (exact) mass is 229 g/mol. The predicted molar refractivity (Wildman–Crippen MR) is 67.7 cm³/mol. The smallest absolute Gasteiger partial charge is 0.0597 e. The van der Waals surface area contributed by atoms with Crippen LogP contribution in [-0.4, -0.2) is 73.9 Å². The molecule has 0 spiro atoms. The third-order valence-electron chi connectivity index (χ3n) is 3.44. The summed E-state index contributed by atoms with van der Waals surface area (Å²) in [7, 11) is 4.35. The van der Waals surface area contributed by atoms with E-state index in [1.165, 1.54) is 19.4 Å². The minimum atomic E-state index is 0.210. The van der Waals surface area contributed by atoms with Crippen LogP contribution in [0.5, 0.6) is 0 Å². The Hall–Kier alpha value is -0.160. The van der Waals surface area contributed by atoms with Gasteiger partial charge in [0.15, 0.2) is 0 Å². The molecule has 1 aliphatic rings. The van der Waals surface area contributed by atoms with E-state index in [9.17, 15) is 5.11 Å². The first-order valence-corrected chi connectivity index (χ1v) is 6.40. The summed E-state index contributed by atoms with van der Waals surface area (Å²) in [5.74, 6) is 0. The van der Waals surface area contributed by atoms with E-state index in [4.69, 9.17) is 0 Å². The van der Waals surface area contributed by atoms with Gasteiger partial charge in [0.05, 0.1) is 6.61 Å². The fraction of sp³-hybridized carbons (Fsp3) is 1.00. The van der Waals surface area contributed by atoms with E-state index in [1.807, 2.05) is 0 Å². The summed E-state index contributed by atoms with van der Waals surface area (Å²) in [6.45, 7) is 6.48. The number of aliphatic hydroxyl groups is 1. The van der Waals surface area contributed by atoms with Gasteiger partial charge in [0, 0.05) is 25.2 Å². The SMILES string of the molecule is CCNC(CO)CN(C)CC1CCCN1C. The molecule has 4 nitrogen and oxygen atoms in total. The van der Waals surface area contributed by atoms with Gasteiger partial charge in [-0.1, -0.05) is 6.92 Å². The lowest BCUT2D eigenvalue weighted by molar-refractivity contribution is 0.172. The molecule has 0 aromatic heterocycles. The van der Waals surface area contributed by atoms with Crippen molar-refractivity contribution in [2.75, 3.05) is 46.9 Å². The molecule has 0 amide bonds. The van der Waals surface area contributed by atoms with Gasteiger partial charge in [0.25, 0.3) is 0 Å². The highest BCUT2D eigenvalue weighted by Crippen LogP contribution is 2.15. The Morgan fingerprint density at radius 1 is 1.56 bits per heavy atom. The number of hydrogen-bond acceptors (Lipinski definition) is 4. The van der Waals surface area contributed by atoms with Crippen molar-refractivity contribution in [1.29, 1.82) is 0 Å². The van der Waals surface area contributed by atoms with Gasteiger partial charge in [-0.25, -0.2) is 0 Å². The highest BCUT2D eigenvalue weighted by Gasteiger charge is 2.22. The number of aliphatic hydroxyl groups excluding tert-OH is 1. The molecule has 0 bridgehead atoms. The molecule has 0 aliphatic carbocycles. The fourth-order valence-electron chi connectivity index (χ4n) is 2.50. The van der Waals surface area contributed by atoms with E-state index in [1.54, 1.807) is 0 Å². The Morgan fingerprint density at radius 2 is 2.31 bits per heavy atom. The molecule has 2 N–H and O–H groups in total. The number of hydrogen-bond donors (Lipinski definition) is 2. The second kappa shape index (κ2) is 7.22. The molecule has 96 valence electrons. The molecule has 1 saturated heterocycles. The summed E-state index contributed by atoms with van der Waals surface area (Å²) in [6.07, 6.45) is 2.64. The maximum Gasteiger partial charge on any atom is 0.0597 e. The highest BCUT2D eigenvalue weighted by atomic mass is 16.3. The van der Waals surface area contributed by atoms with E-state index in [2.05, 4.69) is 36.1 Å². The molecular formula is C12H27N3O. The third kappa shape index (κ3) is 4.37. The van der Waals surface area contributed by atoms with E-state index in [0.29, 0.717) is 6.04 Å². The van der Waals surface area contributed by atoms with Crippen LogP contribution in [0.25, 0.3) is 0 Å². The molecule has 2 unspecified atom stereocenters. The van der Waals surface area contributed by atoms with Gasteiger partial charge in [-0.05, 0) is 40.0 Å². The van der Waals surface area contributed by atoms with Crippen LogP contribution < -0.4 is 5.32 Å². The number of likely N-dealkylation sites (tertiary alicyclic amines) is 1. The van der Waals surface area contributed by atoms with Crippen LogP contribution in [0.4, 0.5) is 0 Å². The lowest BCUT2D eigenvalue weighted by Gasteiger charge is -2.28. The van der Waals surface area contributed by atoms with E-state index in [0.717, 1.165) is 19.6 Å². The third-order valence-corrected chi connectivity index (χ3v) is 3.44. The van der Waals surface area contributed by atoms with Crippen molar-refractivity contribution in [3.05, 3.63) is 0 Å². The average Bonchev–Trinajstić information content (AvgIpc) is 2.64. The van der Waals surface area contributed by atoms with Gasteiger partial charge < -0.3 is 20.2 Å². The molecule has 2 atom stereocenters. The Kier molecular flexibility index (Phi) is 6.28. The summed E-state index contributed by atoms with van der Waals surface area (Å²) in [6, 6.07) is 0.910. The minimum Gasteiger partial charge on any atom is -0.395 e. The summed E-state index contributed by atoms with van der Waals surface area (Å²) in [4.78, 5) is 4.77. The Bertz CT molecular complexity index is 189. The standard InChI is InChI=1S/C12H27N3O/c1-4-13-11(10-16)8-14(2)9-12-6-5-7-15(12)3/h11-13,16H,4-10H2,1-3H3. The second-order valence-corrected chi connectivity index (χ2v) is 4.94. The molecule has 0 radical (unpaired) electrons. The zero-order valence-electron chi connectivity index (χ0n) is 10.9. The van der Waals surface area contributed by atoms with Crippen LogP contribution in [0.1, 0.15) is 19.8 Å². The van der Waals surface area contributed by atoms with Crippen molar-refractivity contribution in [2.45, 2.75) is 31.8 Å². The first-order chi connectivity index (χ1) is 7.67. The van der Waals surface area contributed by atoms with Crippen molar-refractivity contribution in [1.82, 2.24) is 15.1 Å². The van der Waals surface area contributed by atoms with Gasteiger partial charge in [-0.3, -0.25) is 0 Å². The first kappa shape index (κ1) is 13.9. The molecule has 1 aliphatic heterocycles. The number of likely N-dealkylation sites (N-methyl/N-ethyl adjacent to an activating group) is 3. The molecule has 0 saturated carbocycles. The lowest BCUT2D eigenvalue weighted by Crippen LogP contribution is -2.45. The van der Waals surface area contributed by atoms with E-state index in [-0.39, 0.29) is 12.6 Å². The Labute approximate surface area is 99.6 Å². The largest absolute Gasteiger partial charge is 0.395 e. The summed E-state index contributed by atoms with van der Waals surface area (Å²) in [5.41, 5.74) is 0. The van der Waals surface area contributed by atoms with Gasteiger partial charge in [-0.15, -0.1) is 0 Å². The van der Waals surface area contributed by atoms with Gasteiger partial charge in [-0.2, -0.15) is 0 Å². The molecular weight excluding hydrogens is 202 g/mol. The van der Waals surface area contributed by atoms with Crippen molar-refractivity contribution in [3.8, 4) is 0 Å². The molecule has 16 heavy (non-hydrogen) atoms. The fourth-order valence-corrected chi connectivity index (χ4v) is 2.50. The molecule has 1 rings (SSSR count). The minimum absolute atomic E-state index is 0.210. The highest BCUT2D eigenvalue weighted by molar-refractivity contribution is 4.80.